The third kappa shape index (κ3) is 3.30. The highest BCUT2D eigenvalue weighted by molar-refractivity contribution is 7.09. The molecule has 0 spiro atoms. The zero-order valence-electron chi connectivity index (χ0n) is 9.34. The number of carbonyl (C=O) groups excluding carboxylic acids is 1. The van der Waals surface area contributed by atoms with Crippen molar-refractivity contribution in [3.05, 3.63) is 5.82 Å². The zero-order chi connectivity index (χ0) is 12.3. The summed E-state index contributed by atoms with van der Waals surface area (Å²) in [7, 11) is 0. The fourth-order valence-electron chi connectivity index (χ4n) is 1.89. The Hall–Kier alpha value is -0.920. The molecule has 1 heterocycles. The Balaban J connectivity index is 0.00000162. The van der Waals surface area contributed by atoms with Crippen LogP contribution in [0.2, 0.25) is 0 Å². The summed E-state index contributed by atoms with van der Waals surface area (Å²) in [4.78, 5) is 20.1. The fraction of sp³-hybridized carbons (Fsp3) is 0.556. The Morgan fingerprint density at radius 1 is 1.56 bits per heavy atom. The first-order valence-corrected chi connectivity index (χ1v) is 6.28. The molecule has 18 heavy (non-hydrogen) atoms. The second-order valence-electron chi connectivity index (χ2n) is 3.79. The van der Waals surface area contributed by atoms with Gasteiger partial charge in [0.25, 0.3) is 5.24 Å². The van der Waals surface area contributed by atoms with Crippen molar-refractivity contribution < 1.29 is 9.63 Å². The minimum Gasteiger partial charge on any atom is -0.381 e. The molecule has 1 fully saturated rings. The Labute approximate surface area is 119 Å². The summed E-state index contributed by atoms with van der Waals surface area (Å²) in [6.45, 7) is 0. The van der Waals surface area contributed by atoms with Gasteiger partial charge in [0.05, 0.1) is 0 Å². The number of rotatable bonds is 4. The van der Waals surface area contributed by atoms with Gasteiger partial charge in [0.1, 0.15) is 6.21 Å². The molecule has 2 N–H and O–H groups in total. The molecule has 1 aliphatic rings. The molecule has 0 atom stereocenters. The van der Waals surface area contributed by atoms with Crippen LogP contribution in [-0.4, -0.2) is 20.8 Å². The number of nitrogen functional groups attached to an aromatic ring is 1. The van der Waals surface area contributed by atoms with Gasteiger partial charge in [-0.25, -0.2) is 0 Å². The van der Waals surface area contributed by atoms with Crippen LogP contribution in [0, 0.1) is 0 Å². The average molecular weight is 311 g/mol. The van der Waals surface area contributed by atoms with E-state index < -0.39 is 10.8 Å². The van der Waals surface area contributed by atoms with Crippen LogP contribution in [0.3, 0.4) is 0 Å². The van der Waals surface area contributed by atoms with Gasteiger partial charge in [-0.2, -0.15) is 9.36 Å². The van der Waals surface area contributed by atoms with E-state index in [1.165, 1.54) is 0 Å². The van der Waals surface area contributed by atoms with Crippen LogP contribution in [0.5, 0.6) is 0 Å². The van der Waals surface area contributed by atoms with Gasteiger partial charge in [-0.15, -0.1) is 12.4 Å². The van der Waals surface area contributed by atoms with Crippen LogP contribution in [-0.2, 0) is 15.2 Å². The minimum absolute atomic E-state index is 0. The quantitative estimate of drug-likeness (QED) is 0.522. The largest absolute Gasteiger partial charge is 0.381 e. The first kappa shape index (κ1) is 15.1. The van der Waals surface area contributed by atoms with Gasteiger partial charge in [0.2, 0.25) is 0 Å². The molecule has 0 radical (unpaired) electrons. The average Bonchev–Trinajstić information content (AvgIpc) is 2.87. The molecule has 0 bridgehead atoms. The molecule has 0 saturated heterocycles. The minimum atomic E-state index is -0.677. The molecule has 1 saturated carbocycles. The number of hydrogen-bond acceptors (Lipinski definition) is 7. The molecule has 0 aliphatic heterocycles. The standard InChI is InChI=1S/C9H11ClN4O2S.ClH/c10-6(15)5-12-16-9(3-1-2-4-9)7-13-8(11)17-14-7;/h5H,1-4H2,(H2,11,13,14);1H/b12-5+;. The van der Waals surface area contributed by atoms with Gasteiger partial charge >= 0.3 is 0 Å². The van der Waals surface area contributed by atoms with Crippen molar-refractivity contribution in [1.82, 2.24) is 9.36 Å². The third-order valence-electron chi connectivity index (χ3n) is 2.64. The Morgan fingerprint density at radius 3 is 2.72 bits per heavy atom. The first-order valence-electron chi connectivity index (χ1n) is 5.13. The van der Waals surface area contributed by atoms with E-state index in [0.29, 0.717) is 11.0 Å². The Kier molecular flexibility index (Phi) is 5.30. The second kappa shape index (κ2) is 6.31. The van der Waals surface area contributed by atoms with E-state index in [0.717, 1.165) is 43.4 Å². The van der Waals surface area contributed by atoms with Crippen LogP contribution >= 0.6 is 35.5 Å². The van der Waals surface area contributed by atoms with Gasteiger partial charge in [-0.3, -0.25) is 4.79 Å². The third-order valence-corrected chi connectivity index (χ3v) is 3.28. The smallest absolute Gasteiger partial charge is 0.266 e. The lowest BCUT2D eigenvalue weighted by Crippen LogP contribution is -2.25. The zero-order valence-corrected chi connectivity index (χ0v) is 11.7. The summed E-state index contributed by atoms with van der Waals surface area (Å²) in [6, 6.07) is 0. The number of nitrogens with two attached hydrogens (primary N) is 1. The van der Waals surface area contributed by atoms with Crippen molar-refractivity contribution in [3.8, 4) is 0 Å². The van der Waals surface area contributed by atoms with Crippen LogP contribution < -0.4 is 5.73 Å². The molecule has 1 aromatic heterocycles. The van der Waals surface area contributed by atoms with E-state index in [4.69, 9.17) is 22.2 Å². The van der Waals surface area contributed by atoms with Crippen LogP contribution in [0.25, 0.3) is 0 Å². The lowest BCUT2D eigenvalue weighted by atomic mass is 10.0. The highest BCUT2D eigenvalue weighted by Gasteiger charge is 2.42. The summed E-state index contributed by atoms with van der Waals surface area (Å²) in [5.41, 5.74) is 4.90. The van der Waals surface area contributed by atoms with Crippen LogP contribution in [0.1, 0.15) is 31.5 Å². The maximum absolute atomic E-state index is 10.5. The molecular formula is C9H12Cl2N4O2S. The predicted octanol–water partition coefficient (Wildman–Crippen LogP) is 2.08. The summed E-state index contributed by atoms with van der Waals surface area (Å²) in [5, 5.41) is 3.31. The van der Waals surface area contributed by atoms with E-state index >= 15 is 0 Å². The molecule has 6 nitrogen and oxygen atoms in total. The van der Waals surface area contributed by atoms with E-state index in [2.05, 4.69) is 14.5 Å². The van der Waals surface area contributed by atoms with E-state index in [9.17, 15) is 4.79 Å². The maximum Gasteiger partial charge on any atom is 0.266 e. The molecule has 0 amide bonds. The monoisotopic (exact) mass is 310 g/mol. The molecule has 1 aromatic rings. The summed E-state index contributed by atoms with van der Waals surface area (Å²) < 4.78 is 4.16. The number of aromatic nitrogens is 2. The molecule has 0 unspecified atom stereocenters. The number of halogens is 2. The molecule has 0 aromatic carbocycles. The SMILES string of the molecule is Cl.Nc1nc(C2(O/N=C/C(=O)Cl)CCCC2)ns1. The van der Waals surface area contributed by atoms with Crippen molar-refractivity contribution in [2.45, 2.75) is 31.3 Å². The summed E-state index contributed by atoms with van der Waals surface area (Å²) in [6.07, 6.45) is 4.46. The van der Waals surface area contributed by atoms with E-state index in [1.807, 2.05) is 0 Å². The van der Waals surface area contributed by atoms with Gasteiger partial charge in [-0.1, -0.05) is 5.16 Å². The van der Waals surface area contributed by atoms with Gasteiger partial charge in [0, 0.05) is 11.5 Å². The van der Waals surface area contributed by atoms with Gasteiger partial charge in [0.15, 0.2) is 16.6 Å². The molecule has 2 rings (SSSR count). The number of carbonyl (C=O) groups is 1. The fourth-order valence-corrected chi connectivity index (χ4v) is 2.45. The molecular weight excluding hydrogens is 299 g/mol. The van der Waals surface area contributed by atoms with Crippen molar-refractivity contribution in [3.63, 3.8) is 0 Å². The second-order valence-corrected chi connectivity index (χ2v) is 4.94. The van der Waals surface area contributed by atoms with E-state index in [1.54, 1.807) is 0 Å². The lowest BCUT2D eigenvalue weighted by Gasteiger charge is -2.22. The first-order chi connectivity index (χ1) is 8.12. The van der Waals surface area contributed by atoms with Gasteiger partial charge in [-0.05, 0) is 37.3 Å². The number of oxime groups is 1. The molecule has 9 heteroatoms. The normalized spacial score (nSPS) is 17.6. The Morgan fingerprint density at radius 2 is 2.22 bits per heavy atom. The molecule has 1 aliphatic carbocycles. The summed E-state index contributed by atoms with van der Waals surface area (Å²) in [5.74, 6) is 0.539. The van der Waals surface area contributed by atoms with Crippen molar-refractivity contribution in [2.75, 3.05) is 5.73 Å². The highest BCUT2D eigenvalue weighted by Crippen LogP contribution is 2.41. The number of hydrogen-bond donors (Lipinski definition) is 1. The number of anilines is 1. The molecule has 100 valence electrons. The van der Waals surface area contributed by atoms with Crippen molar-refractivity contribution >= 4 is 52.1 Å². The topological polar surface area (TPSA) is 90.5 Å². The van der Waals surface area contributed by atoms with E-state index in [-0.39, 0.29) is 12.4 Å². The van der Waals surface area contributed by atoms with Crippen LogP contribution in [0.4, 0.5) is 5.13 Å². The number of nitrogens with zero attached hydrogens (tertiary/aromatic N) is 3. The van der Waals surface area contributed by atoms with Crippen molar-refractivity contribution in [2.24, 2.45) is 5.16 Å². The predicted molar refractivity (Wildman–Crippen MR) is 72.2 cm³/mol. The van der Waals surface area contributed by atoms with Gasteiger partial charge < -0.3 is 10.6 Å². The van der Waals surface area contributed by atoms with Crippen LogP contribution in [0.15, 0.2) is 5.16 Å². The Bertz CT molecular complexity index is 446. The maximum atomic E-state index is 10.5. The summed E-state index contributed by atoms with van der Waals surface area (Å²) >= 11 is 6.26. The highest BCUT2D eigenvalue weighted by atomic mass is 35.5. The van der Waals surface area contributed by atoms with Crippen molar-refractivity contribution in [1.29, 1.82) is 0 Å². The lowest BCUT2D eigenvalue weighted by molar-refractivity contribution is -0.106.